The maximum atomic E-state index is 11.4. The molecular formula is C13H26N2O2. The summed E-state index contributed by atoms with van der Waals surface area (Å²) in [7, 11) is 0. The molecule has 2 N–H and O–H groups in total. The third-order valence-corrected chi connectivity index (χ3v) is 2.53. The first-order chi connectivity index (χ1) is 8.20. The monoisotopic (exact) mass is 242 g/mol. The summed E-state index contributed by atoms with van der Waals surface area (Å²) in [5.41, 5.74) is 0. The molecule has 0 aliphatic heterocycles. The van der Waals surface area contributed by atoms with Crippen molar-refractivity contribution in [3.8, 4) is 0 Å². The van der Waals surface area contributed by atoms with E-state index >= 15 is 0 Å². The summed E-state index contributed by atoms with van der Waals surface area (Å²) in [6.07, 6.45) is 7.11. The molecule has 0 aromatic heterocycles. The summed E-state index contributed by atoms with van der Waals surface area (Å²) >= 11 is 0. The zero-order valence-electron chi connectivity index (χ0n) is 11.2. The molecule has 0 unspecified atom stereocenters. The van der Waals surface area contributed by atoms with E-state index in [1.165, 1.54) is 19.3 Å². The molecule has 0 radical (unpaired) electrons. The second kappa shape index (κ2) is 11.4. The van der Waals surface area contributed by atoms with Crippen molar-refractivity contribution in [1.82, 2.24) is 10.6 Å². The zero-order chi connectivity index (χ0) is 12.9. The molecule has 0 bridgehead atoms. The Hall–Kier alpha value is -1.06. The van der Waals surface area contributed by atoms with Crippen LogP contribution >= 0.6 is 0 Å². The minimum absolute atomic E-state index is 0.0202. The van der Waals surface area contributed by atoms with Crippen LogP contribution in [0, 0.1) is 0 Å². The summed E-state index contributed by atoms with van der Waals surface area (Å²) in [6.45, 7) is 4.94. The third-order valence-electron chi connectivity index (χ3n) is 2.53. The van der Waals surface area contributed by atoms with Crippen molar-refractivity contribution >= 4 is 11.8 Å². The predicted octanol–water partition coefficient (Wildman–Crippen LogP) is 1.99. The van der Waals surface area contributed by atoms with Gasteiger partial charge in [-0.05, 0) is 12.8 Å². The lowest BCUT2D eigenvalue weighted by Crippen LogP contribution is -2.37. The van der Waals surface area contributed by atoms with E-state index in [4.69, 9.17) is 0 Å². The first-order valence-electron chi connectivity index (χ1n) is 6.74. The molecule has 0 aromatic carbocycles. The van der Waals surface area contributed by atoms with Gasteiger partial charge in [-0.2, -0.15) is 0 Å². The smallest absolute Gasteiger partial charge is 0.239 e. The zero-order valence-corrected chi connectivity index (χ0v) is 11.2. The fraction of sp³-hybridized carbons (Fsp3) is 0.846. The second-order valence-electron chi connectivity index (χ2n) is 4.29. The van der Waals surface area contributed by atoms with Crippen LogP contribution in [0.2, 0.25) is 0 Å². The van der Waals surface area contributed by atoms with E-state index in [2.05, 4.69) is 17.6 Å². The minimum atomic E-state index is -0.105. The third kappa shape index (κ3) is 11.2. The van der Waals surface area contributed by atoms with Gasteiger partial charge in [0.1, 0.15) is 0 Å². The Morgan fingerprint density at radius 2 is 1.53 bits per heavy atom. The summed E-state index contributed by atoms with van der Waals surface area (Å²) in [5, 5.41) is 5.35. The van der Waals surface area contributed by atoms with Crippen LogP contribution in [0.4, 0.5) is 0 Å². The second-order valence-corrected chi connectivity index (χ2v) is 4.29. The van der Waals surface area contributed by atoms with Crippen LogP contribution in [-0.2, 0) is 9.59 Å². The van der Waals surface area contributed by atoms with Gasteiger partial charge in [0.25, 0.3) is 0 Å². The number of unbranched alkanes of at least 4 members (excludes halogenated alkanes) is 4. The molecule has 4 heteroatoms. The van der Waals surface area contributed by atoms with E-state index < -0.39 is 0 Å². The molecule has 0 saturated carbocycles. The Bertz CT molecular complexity index is 217. The number of amides is 2. The van der Waals surface area contributed by atoms with Crippen molar-refractivity contribution in [2.45, 2.75) is 58.8 Å². The Kier molecular flexibility index (Phi) is 10.7. The Morgan fingerprint density at radius 3 is 2.18 bits per heavy atom. The van der Waals surface area contributed by atoms with Gasteiger partial charge in [-0.25, -0.2) is 0 Å². The molecule has 100 valence electrons. The predicted molar refractivity (Wildman–Crippen MR) is 69.7 cm³/mol. The lowest BCUT2D eigenvalue weighted by atomic mass is 10.1. The molecule has 0 aromatic rings. The Balaban J connectivity index is 3.36. The largest absolute Gasteiger partial charge is 0.355 e. The molecule has 0 fully saturated rings. The lowest BCUT2D eigenvalue weighted by molar-refractivity contribution is -0.126. The SMILES string of the molecule is CCCCCCCC(=O)NCC(=O)NCCC. The van der Waals surface area contributed by atoms with E-state index in [1.807, 2.05) is 6.92 Å². The van der Waals surface area contributed by atoms with Crippen LogP contribution in [0.5, 0.6) is 0 Å². The van der Waals surface area contributed by atoms with Crippen LogP contribution in [0.25, 0.3) is 0 Å². The first kappa shape index (κ1) is 15.9. The number of rotatable bonds is 10. The van der Waals surface area contributed by atoms with Crippen LogP contribution < -0.4 is 10.6 Å². The molecule has 0 heterocycles. The molecule has 4 nitrogen and oxygen atoms in total. The molecule has 0 atom stereocenters. The van der Waals surface area contributed by atoms with Crippen LogP contribution in [0.1, 0.15) is 58.8 Å². The molecule has 17 heavy (non-hydrogen) atoms. The normalized spacial score (nSPS) is 10.0. The highest BCUT2D eigenvalue weighted by molar-refractivity contribution is 5.84. The van der Waals surface area contributed by atoms with Gasteiger partial charge < -0.3 is 10.6 Å². The van der Waals surface area contributed by atoms with Crippen molar-refractivity contribution in [2.75, 3.05) is 13.1 Å². The van der Waals surface area contributed by atoms with Gasteiger partial charge in [-0.3, -0.25) is 9.59 Å². The number of hydrogen-bond acceptors (Lipinski definition) is 2. The van der Waals surface area contributed by atoms with Gasteiger partial charge in [-0.1, -0.05) is 39.5 Å². The van der Waals surface area contributed by atoms with Gasteiger partial charge in [0.05, 0.1) is 6.54 Å². The van der Waals surface area contributed by atoms with E-state index in [-0.39, 0.29) is 18.4 Å². The van der Waals surface area contributed by atoms with E-state index in [0.29, 0.717) is 13.0 Å². The maximum absolute atomic E-state index is 11.4. The molecule has 0 aliphatic carbocycles. The number of nitrogens with one attached hydrogen (secondary N) is 2. The van der Waals surface area contributed by atoms with E-state index in [0.717, 1.165) is 19.3 Å². The summed E-state index contributed by atoms with van der Waals surface area (Å²) in [4.78, 5) is 22.6. The number of carbonyl (C=O) groups excluding carboxylic acids is 2. The lowest BCUT2D eigenvalue weighted by Gasteiger charge is -2.05. The van der Waals surface area contributed by atoms with Gasteiger partial charge >= 0.3 is 0 Å². The van der Waals surface area contributed by atoms with Crippen molar-refractivity contribution in [3.63, 3.8) is 0 Å². The average molecular weight is 242 g/mol. The highest BCUT2D eigenvalue weighted by atomic mass is 16.2. The van der Waals surface area contributed by atoms with Gasteiger partial charge in [0.2, 0.25) is 11.8 Å². The quantitative estimate of drug-likeness (QED) is 0.576. The van der Waals surface area contributed by atoms with E-state index in [9.17, 15) is 9.59 Å². The first-order valence-corrected chi connectivity index (χ1v) is 6.74. The van der Waals surface area contributed by atoms with Gasteiger partial charge in [-0.15, -0.1) is 0 Å². The fourth-order valence-corrected chi connectivity index (χ4v) is 1.48. The van der Waals surface area contributed by atoms with Crippen LogP contribution in [0.15, 0.2) is 0 Å². The molecule has 0 rings (SSSR count). The summed E-state index contributed by atoms with van der Waals surface area (Å²) in [5.74, 6) is -0.126. The van der Waals surface area contributed by atoms with Crippen LogP contribution in [0.3, 0.4) is 0 Å². The molecule has 0 aliphatic rings. The summed E-state index contributed by atoms with van der Waals surface area (Å²) < 4.78 is 0. The Morgan fingerprint density at radius 1 is 0.824 bits per heavy atom. The topological polar surface area (TPSA) is 58.2 Å². The minimum Gasteiger partial charge on any atom is -0.355 e. The fourth-order valence-electron chi connectivity index (χ4n) is 1.48. The van der Waals surface area contributed by atoms with Gasteiger partial charge in [0, 0.05) is 13.0 Å². The van der Waals surface area contributed by atoms with Crippen molar-refractivity contribution in [2.24, 2.45) is 0 Å². The van der Waals surface area contributed by atoms with Gasteiger partial charge in [0.15, 0.2) is 0 Å². The molecule has 0 spiro atoms. The summed E-state index contributed by atoms with van der Waals surface area (Å²) in [6, 6.07) is 0. The molecule has 2 amide bonds. The molecular weight excluding hydrogens is 216 g/mol. The Labute approximate surface area is 105 Å². The molecule has 0 saturated heterocycles. The van der Waals surface area contributed by atoms with E-state index in [1.54, 1.807) is 0 Å². The van der Waals surface area contributed by atoms with Crippen molar-refractivity contribution in [3.05, 3.63) is 0 Å². The number of carbonyl (C=O) groups is 2. The average Bonchev–Trinajstić information content (AvgIpc) is 2.33. The maximum Gasteiger partial charge on any atom is 0.239 e. The number of hydrogen-bond donors (Lipinski definition) is 2. The highest BCUT2D eigenvalue weighted by Crippen LogP contribution is 2.04. The van der Waals surface area contributed by atoms with Crippen LogP contribution in [-0.4, -0.2) is 24.9 Å². The standard InChI is InChI=1S/C13H26N2O2/c1-3-5-6-7-8-9-12(16)15-11-13(17)14-10-4-2/h3-11H2,1-2H3,(H,14,17)(H,15,16). The highest BCUT2D eigenvalue weighted by Gasteiger charge is 2.04. The van der Waals surface area contributed by atoms with Crippen molar-refractivity contribution < 1.29 is 9.59 Å². The van der Waals surface area contributed by atoms with Crippen molar-refractivity contribution in [1.29, 1.82) is 0 Å².